The first kappa shape index (κ1) is 19.1. The first-order valence-electron chi connectivity index (χ1n) is 8.22. The third-order valence-electron chi connectivity index (χ3n) is 3.76. The van der Waals surface area contributed by atoms with Crippen LogP contribution in [-0.2, 0) is 9.59 Å². The number of amides is 2. The van der Waals surface area contributed by atoms with Crippen LogP contribution in [0.4, 0.5) is 5.69 Å². The zero-order valence-electron chi connectivity index (χ0n) is 14.5. The highest BCUT2D eigenvalue weighted by Gasteiger charge is 2.32. The van der Waals surface area contributed by atoms with Crippen LogP contribution in [0.1, 0.15) is 18.9 Å². The Labute approximate surface area is 166 Å². The van der Waals surface area contributed by atoms with Crippen molar-refractivity contribution < 1.29 is 9.59 Å². The van der Waals surface area contributed by atoms with Crippen LogP contribution >= 0.6 is 23.4 Å². The number of rotatable bonds is 5. The summed E-state index contributed by atoms with van der Waals surface area (Å²) < 4.78 is 0. The number of carbonyl (C=O) groups is 2. The first-order valence-corrected chi connectivity index (χ1v) is 9.47. The third kappa shape index (κ3) is 5.42. The second kappa shape index (κ2) is 8.83. The number of para-hydroxylation sites is 1. The van der Waals surface area contributed by atoms with Crippen LogP contribution in [0.25, 0.3) is 0 Å². The van der Waals surface area contributed by atoms with Gasteiger partial charge in [-0.25, -0.2) is 0 Å². The number of hydrogen-bond acceptors (Lipinski definition) is 5. The Morgan fingerprint density at radius 3 is 2.59 bits per heavy atom. The van der Waals surface area contributed by atoms with Crippen LogP contribution in [-0.4, -0.2) is 27.9 Å². The fraction of sp³-hybridized carbons (Fsp3) is 0.158. The predicted octanol–water partition coefficient (Wildman–Crippen LogP) is 3.68. The summed E-state index contributed by atoms with van der Waals surface area (Å²) in [5, 5.41) is 14.2. The molecule has 3 rings (SSSR count). The SMILES string of the molecule is C/C(=N\N=C1/NC(=O)C(CC(=O)Nc2ccccc2)S1)c1ccc(Cl)cc1. The average Bonchev–Trinajstić information content (AvgIpc) is 3.00. The number of amidine groups is 1. The Bertz CT molecular complexity index is 898. The summed E-state index contributed by atoms with van der Waals surface area (Å²) in [7, 11) is 0. The molecule has 2 aromatic carbocycles. The quantitative estimate of drug-likeness (QED) is 0.593. The number of nitrogens with zero attached hydrogens (tertiary/aromatic N) is 2. The molecule has 1 saturated heterocycles. The molecule has 1 fully saturated rings. The van der Waals surface area contributed by atoms with Gasteiger partial charge in [0.15, 0.2) is 5.17 Å². The normalized spacial score (nSPS) is 18.4. The second-order valence-corrected chi connectivity index (χ2v) is 7.44. The van der Waals surface area contributed by atoms with Crippen molar-refractivity contribution in [2.75, 3.05) is 5.32 Å². The van der Waals surface area contributed by atoms with Gasteiger partial charge in [-0.3, -0.25) is 9.59 Å². The molecule has 1 aliphatic heterocycles. The van der Waals surface area contributed by atoms with Crippen molar-refractivity contribution in [3.05, 3.63) is 65.2 Å². The molecule has 0 aromatic heterocycles. The van der Waals surface area contributed by atoms with Gasteiger partial charge in [0.25, 0.3) is 0 Å². The van der Waals surface area contributed by atoms with Gasteiger partial charge in [-0.05, 0) is 36.8 Å². The summed E-state index contributed by atoms with van der Waals surface area (Å²) in [6.07, 6.45) is 0.0598. The van der Waals surface area contributed by atoms with E-state index in [4.69, 9.17) is 11.6 Å². The van der Waals surface area contributed by atoms with Gasteiger partial charge in [0, 0.05) is 17.1 Å². The van der Waals surface area contributed by atoms with E-state index >= 15 is 0 Å². The van der Waals surface area contributed by atoms with Crippen LogP contribution in [0.2, 0.25) is 5.02 Å². The Morgan fingerprint density at radius 2 is 1.89 bits per heavy atom. The average molecular weight is 401 g/mol. The number of thioether (sulfide) groups is 1. The first-order chi connectivity index (χ1) is 13.0. The molecule has 2 amide bonds. The molecule has 2 aromatic rings. The van der Waals surface area contributed by atoms with Crippen molar-refractivity contribution in [2.45, 2.75) is 18.6 Å². The number of carbonyl (C=O) groups excluding carboxylic acids is 2. The fourth-order valence-corrected chi connectivity index (χ4v) is 3.40. The van der Waals surface area contributed by atoms with Gasteiger partial charge in [0.1, 0.15) is 5.25 Å². The molecule has 1 atom stereocenters. The van der Waals surface area contributed by atoms with Crippen LogP contribution in [0.3, 0.4) is 0 Å². The van der Waals surface area contributed by atoms with E-state index in [-0.39, 0.29) is 18.2 Å². The summed E-state index contributed by atoms with van der Waals surface area (Å²) in [5.74, 6) is -0.475. The Hall–Kier alpha value is -2.64. The number of hydrogen-bond donors (Lipinski definition) is 2. The summed E-state index contributed by atoms with van der Waals surface area (Å²) in [5.41, 5.74) is 2.28. The highest BCUT2D eigenvalue weighted by atomic mass is 35.5. The maximum Gasteiger partial charge on any atom is 0.240 e. The largest absolute Gasteiger partial charge is 0.326 e. The van der Waals surface area contributed by atoms with E-state index in [1.807, 2.05) is 37.3 Å². The molecule has 1 unspecified atom stereocenters. The smallest absolute Gasteiger partial charge is 0.240 e. The Balaban J connectivity index is 1.59. The van der Waals surface area contributed by atoms with E-state index in [1.54, 1.807) is 24.3 Å². The zero-order chi connectivity index (χ0) is 19.2. The summed E-state index contributed by atoms with van der Waals surface area (Å²) in [6, 6.07) is 16.4. The minimum atomic E-state index is -0.529. The molecule has 0 radical (unpaired) electrons. The van der Waals surface area contributed by atoms with Crippen LogP contribution in [0.15, 0.2) is 64.8 Å². The minimum Gasteiger partial charge on any atom is -0.326 e. The van der Waals surface area contributed by atoms with Gasteiger partial charge in [0.05, 0.1) is 5.71 Å². The molecule has 6 nitrogen and oxygen atoms in total. The molecular formula is C19H17ClN4O2S. The van der Waals surface area contributed by atoms with Crippen molar-refractivity contribution in [3.63, 3.8) is 0 Å². The van der Waals surface area contributed by atoms with Gasteiger partial charge in [-0.15, -0.1) is 5.10 Å². The van der Waals surface area contributed by atoms with Crippen LogP contribution in [0.5, 0.6) is 0 Å². The van der Waals surface area contributed by atoms with Crippen molar-refractivity contribution in [2.24, 2.45) is 10.2 Å². The van der Waals surface area contributed by atoms with E-state index < -0.39 is 5.25 Å². The molecule has 8 heteroatoms. The van der Waals surface area contributed by atoms with Gasteiger partial charge < -0.3 is 10.6 Å². The lowest BCUT2D eigenvalue weighted by atomic mass is 10.1. The molecule has 138 valence electrons. The zero-order valence-corrected chi connectivity index (χ0v) is 16.1. The standard InChI is InChI=1S/C19H17ClN4O2S/c1-12(13-7-9-14(20)10-8-13)23-24-19-22-18(26)16(27-19)11-17(25)21-15-5-3-2-4-6-15/h2-10,16H,11H2,1H3,(H,21,25)(H,22,24,26)/b23-12+. The molecule has 27 heavy (non-hydrogen) atoms. The molecule has 1 aliphatic rings. The molecule has 0 aliphatic carbocycles. The lowest BCUT2D eigenvalue weighted by Crippen LogP contribution is -2.28. The maximum absolute atomic E-state index is 12.1. The van der Waals surface area contributed by atoms with Crippen molar-refractivity contribution in [1.82, 2.24) is 5.32 Å². The lowest BCUT2D eigenvalue weighted by molar-refractivity contribution is -0.122. The molecule has 0 bridgehead atoms. The highest BCUT2D eigenvalue weighted by Crippen LogP contribution is 2.23. The topological polar surface area (TPSA) is 82.9 Å². The minimum absolute atomic E-state index is 0.0598. The Kier molecular flexibility index (Phi) is 6.26. The molecular weight excluding hydrogens is 384 g/mol. The van der Waals surface area contributed by atoms with Crippen molar-refractivity contribution >= 4 is 51.7 Å². The Morgan fingerprint density at radius 1 is 1.19 bits per heavy atom. The van der Waals surface area contributed by atoms with Crippen molar-refractivity contribution in [1.29, 1.82) is 0 Å². The number of nitrogens with one attached hydrogen (secondary N) is 2. The fourth-order valence-electron chi connectivity index (χ4n) is 2.36. The number of benzene rings is 2. The molecule has 0 spiro atoms. The molecule has 2 N–H and O–H groups in total. The predicted molar refractivity (Wildman–Crippen MR) is 110 cm³/mol. The second-order valence-electron chi connectivity index (χ2n) is 5.81. The van der Waals surface area contributed by atoms with Gasteiger partial charge >= 0.3 is 0 Å². The van der Waals surface area contributed by atoms with E-state index in [2.05, 4.69) is 20.8 Å². The lowest BCUT2D eigenvalue weighted by Gasteiger charge is -2.06. The molecule has 0 saturated carbocycles. The van der Waals surface area contributed by atoms with Gasteiger partial charge in [-0.2, -0.15) is 5.10 Å². The van der Waals surface area contributed by atoms with E-state index in [0.717, 1.165) is 5.56 Å². The van der Waals surface area contributed by atoms with Crippen LogP contribution < -0.4 is 10.6 Å². The summed E-state index contributed by atoms with van der Waals surface area (Å²) in [4.78, 5) is 24.2. The summed E-state index contributed by atoms with van der Waals surface area (Å²) in [6.45, 7) is 1.82. The number of halogens is 1. The van der Waals surface area contributed by atoms with E-state index in [0.29, 0.717) is 21.6 Å². The van der Waals surface area contributed by atoms with E-state index in [9.17, 15) is 9.59 Å². The van der Waals surface area contributed by atoms with Gasteiger partial charge in [0.2, 0.25) is 11.8 Å². The highest BCUT2D eigenvalue weighted by molar-refractivity contribution is 8.15. The third-order valence-corrected chi connectivity index (χ3v) is 5.08. The summed E-state index contributed by atoms with van der Waals surface area (Å²) >= 11 is 7.07. The van der Waals surface area contributed by atoms with Crippen molar-refractivity contribution in [3.8, 4) is 0 Å². The maximum atomic E-state index is 12.1. The van der Waals surface area contributed by atoms with E-state index in [1.165, 1.54) is 11.8 Å². The van der Waals surface area contributed by atoms with Crippen LogP contribution in [0, 0.1) is 0 Å². The molecule has 1 heterocycles. The van der Waals surface area contributed by atoms with Gasteiger partial charge in [-0.1, -0.05) is 53.7 Å². The number of anilines is 1. The monoisotopic (exact) mass is 400 g/mol.